The minimum atomic E-state index is -0.292. The van der Waals surface area contributed by atoms with Gasteiger partial charge in [-0.25, -0.2) is 0 Å². The van der Waals surface area contributed by atoms with Gasteiger partial charge in [0.2, 0.25) is 0 Å². The number of aliphatic hydroxyl groups excluding tert-OH is 1. The Bertz CT molecular complexity index is 509. The molecule has 3 heteroatoms. The number of anilines is 1. The summed E-state index contributed by atoms with van der Waals surface area (Å²) in [5, 5.41) is 12.1. The zero-order valence-electron chi connectivity index (χ0n) is 10.2. The van der Waals surface area contributed by atoms with Gasteiger partial charge >= 0.3 is 0 Å². The van der Waals surface area contributed by atoms with Crippen LogP contribution in [0.1, 0.15) is 23.0 Å². The Morgan fingerprint density at radius 2 is 2.11 bits per heavy atom. The Balaban J connectivity index is 1.76. The van der Waals surface area contributed by atoms with Gasteiger partial charge in [-0.1, -0.05) is 24.3 Å². The van der Waals surface area contributed by atoms with Gasteiger partial charge < -0.3 is 10.0 Å². The Morgan fingerprint density at radius 1 is 1.22 bits per heavy atom. The highest BCUT2D eigenvalue weighted by molar-refractivity contribution is 7.09. The lowest BCUT2D eigenvalue weighted by atomic mass is 9.99. The first kappa shape index (κ1) is 11.8. The standard InChI is InChI=1S/C15H17NOS/c17-15-8-10-16(9-7-12-4-3-11-18-12)14-6-2-1-5-13(14)15/h1-6,11,15,17H,7-10H2. The molecule has 0 radical (unpaired) electrons. The third kappa shape index (κ3) is 2.28. The summed E-state index contributed by atoms with van der Waals surface area (Å²) in [5.74, 6) is 0. The average molecular weight is 259 g/mol. The molecule has 1 aromatic heterocycles. The highest BCUT2D eigenvalue weighted by atomic mass is 32.1. The second kappa shape index (κ2) is 5.12. The van der Waals surface area contributed by atoms with Crippen molar-refractivity contribution < 1.29 is 5.11 Å². The van der Waals surface area contributed by atoms with Gasteiger partial charge in [0, 0.05) is 29.2 Å². The molecule has 1 atom stereocenters. The van der Waals surface area contributed by atoms with E-state index in [2.05, 4.69) is 34.5 Å². The van der Waals surface area contributed by atoms with Crippen LogP contribution < -0.4 is 4.90 Å². The zero-order chi connectivity index (χ0) is 12.4. The smallest absolute Gasteiger partial charge is 0.0826 e. The van der Waals surface area contributed by atoms with Gasteiger partial charge in [0.05, 0.1) is 6.10 Å². The number of rotatable bonds is 3. The lowest BCUT2D eigenvalue weighted by Crippen LogP contribution is -2.32. The van der Waals surface area contributed by atoms with E-state index < -0.39 is 0 Å². The predicted octanol–water partition coefficient (Wildman–Crippen LogP) is 3.23. The first-order valence-electron chi connectivity index (χ1n) is 6.39. The molecule has 2 nitrogen and oxygen atoms in total. The van der Waals surface area contributed by atoms with E-state index in [4.69, 9.17) is 0 Å². The van der Waals surface area contributed by atoms with Crippen LogP contribution in [0.3, 0.4) is 0 Å². The summed E-state index contributed by atoms with van der Waals surface area (Å²) in [5.41, 5.74) is 2.28. The van der Waals surface area contributed by atoms with Crippen LogP contribution in [0.2, 0.25) is 0 Å². The lowest BCUT2D eigenvalue weighted by Gasteiger charge is -2.33. The normalized spacial score (nSPS) is 18.7. The largest absolute Gasteiger partial charge is 0.388 e. The topological polar surface area (TPSA) is 23.5 Å². The molecule has 0 spiro atoms. The monoisotopic (exact) mass is 259 g/mol. The van der Waals surface area contributed by atoms with Crippen molar-refractivity contribution in [1.82, 2.24) is 0 Å². The van der Waals surface area contributed by atoms with Gasteiger partial charge in [0.25, 0.3) is 0 Å². The van der Waals surface area contributed by atoms with Crippen LogP contribution in [-0.2, 0) is 6.42 Å². The number of fused-ring (bicyclic) bond motifs is 1. The molecule has 1 unspecified atom stereocenters. The fraction of sp³-hybridized carbons (Fsp3) is 0.333. The van der Waals surface area contributed by atoms with E-state index in [1.165, 1.54) is 10.6 Å². The highest BCUT2D eigenvalue weighted by Crippen LogP contribution is 2.33. The molecule has 0 amide bonds. The maximum Gasteiger partial charge on any atom is 0.0826 e. The summed E-state index contributed by atoms with van der Waals surface area (Å²) in [6.07, 6.45) is 1.63. The number of thiophene rings is 1. The van der Waals surface area contributed by atoms with Crippen LogP contribution in [0.5, 0.6) is 0 Å². The van der Waals surface area contributed by atoms with Gasteiger partial charge in [-0.05, 0) is 30.4 Å². The molecule has 1 aromatic carbocycles. The molecule has 2 heterocycles. The summed E-state index contributed by atoms with van der Waals surface area (Å²) in [4.78, 5) is 3.82. The quantitative estimate of drug-likeness (QED) is 0.914. The summed E-state index contributed by atoms with van der Waals surface area (Å²) in [6, 6.07) is 12.5. The van der Waals surface area contributed by atoms with Crippen LogP contribution in [-0.4, -0.2) is 18.2 Å². The fourth-order valence-electron chi connectivity index (χ4n) is 2.54. The van der Waals surface area contributed by atoms with E-state index in [9.17, 15) is 5.11 Å². The maximum absolute atomic E-state index is 10.0. The van der Waals surface area contributed by atoms with E-state index in [0.717, 1.165) is 31.5 Å². The molecular formula is C15H17NOS. The van der Waals surface area contributed by atoms with Crippen LogP contribution in [0.25, 0.3) is 0 Å². The van der Waals surface area contributed by atoms with Crippen molar-refractivity contribution >= 4 is 17.0 Å². The molecule has 0 saturated carbocycles. The Hall–Kier alpha value is -1.32. The fourth-order valence-corrected chi connectivity index (χ4v) is 3.24. The average Bonchev–Trinajstić information content (AvgIpc) is 2.92. The van der Waals surface area contributed by atoms with Crippen molar-refractivity contribution in [2.24, 2.45) is 0 Å². The lowest BCUT2D eigenvalue weighted by molar-refractivity contribution is 0.164. The third-order valence-corrected chi connectivity index (χ3v) is 4.45. The molecule has 18 heavy (non-hydrogen) atoms. The highest BCUT2D eigenvalue weighted by Gasteiger charge is 2.22. The van der Waals surface area contributed by atoms with E-state index in [1.807, 2.05) is 23.5 Å². The Labute approximate surface area is 112 Å². The van der Waals surface area contributed by atoms with Gasteiger partial charge in [-0.2, -0.15) is 0 Å². The molecular weight excluding hydrogens is 242 g/mol. The molecule has 0 aliphatic carbocycles. The van der Waals surface area contributed by atoms with E-state index >= 15 is 0 Å². The van der Waals surface area contributed by atoms with Crippen LogP contribution in [0, 0.1) is 0 Å². The molecule has 0 fully saturated rings. The predicted molar refractivity (Wildman–Crippen MR) is 76.3 cm³/mol. The second-order valence-electron chi connectivity index (χ2n) is 4.68. The summed E-state index contributed by atoms with van der Waals surface area (Å²) in [7, 11) is 0. The van der Waals surface area contributed by atoms with Crippen molar-refractivity contribution in [3.05, 3.63) is 52.2 Å². The first-order chi connectivity index (χ1) is 8.84. The number of nitrogens with zero attached hydrogens (tertiary/aromatic N) is 1. The van der Waals surface area contributed by atoms with Crippen molar-refractivity contribution in [3.8, 4) is 0 Å². The first-order valence-corrected chi connectivity index (χ1v) is 7.27. The SMILES string of the molecule is OC1CCN(CCc2cccs2)c2ccccc21. The molecule has 2 aromatic rings. The molecule has 0 saturated heterocycles. The molecule has 1 N–H and O–H groups in total. The summed E-state index contributed by atoms with van der Waals surface area (Å²) >= 11 is 1.82. The Kier molecular flexibility index (Phi) is 3.35. The van der Waals surface area contributed by atoms with Crippen LogP contribution in [0.4, 0.5) is 5.69 Å². The molecule has 94 valence electrons. The minimum absolute atomic E-state index is 0.292. The van der Waals surface area contributed by atoms with Crippen molar-refractivity contribution in [1.29, 1.82) is 0 Å². The maximum atomic E-state index is 10.0. The van der Waals surface area contributed by atoms with Gasteiger partial charge in [0.1, 0.15) is 0 Å². The van der Waals surface area contributed by atoms with Gasteiger partial charge in [0.15, 0.2) is 0 Å². The van der Waals surface area contributed by atoms with E-state index in [0.29, 0.717) is 0 Å². The summed E-state index contributed by atoms with van der Waals surface area (Å²) < 4.78 is 0. The minimum Gasteiger partial charge on any atom is -0.388 e. The number of benzene rings is 1. The van der Waals surface area contributed by atoms with Crippen molar-refractivity contribution in [2.45, 2.75) is 18.9 Å². The van der Waals surface area contributed by atoms with Crippen molar-refractivity contribution in [3.63, 3.8) is 0 Å². The molecule has 1 aliphatic rings. The van der Waals surface area contributed by atoms with E-state index in [1.54, 1.807) is 0 Å². The summed E-state index contributed by atoms with van der Waals surface area (Å²) in [6.45, 7) is 1.98. The van der Waals surface area contributed by atoms with Crippen molar-refractivity contribution in [2.75, 3.05) is 18.0 Å². The second-order valence-corrected chi connectivity index (χ2v) is 5.71. The Morgan fingerprint density at radius 3 is 2.94 bits per heavy atom. The third-order valence-electron chi connectivity index (χ3n) is 3.52. The number of para-hydroxylation sites is 1. The molecule has 3 rings (SSSR count). The zero-order valence-corrected chi connectivity index (χ0v) is 11.1. The van der Waals surface area contributed by atoms with Gasteiger partial charge in [-0.3, -0.25) is 0 Å². The van der Waals surface area contributed by atoms with Gasteiger partial charge in [-0.15, -0.1) is 11.3 Å². The number of hydrogen-bond donors (Lipinski definition) is 1. The van der Waals surface area contributed by atoms with Crippen LogP contribution >= 0.6 is 11.3 Å². The van der Waals surface area contributed by atoms with E-state index in [-0.39, 0.29) is 6.10 Å². The van der Waals surface area contributed by atoms with Crippen LogP contribution in [0.15, 0.2) is 41.8 Å². The molecule has 0 bridgehead atoms. The molecule has 1 aliphatic heterocycles. The number of hydrogen-bond acceptors (Lipinski definition) is 3. The number of aliphatic hydroxyl groups is 1.